The third-order valence-electron chi connectivity index (χ3n) is 5.03. The minimum atomic E-state index is -0.364. The minimum absolute atomic E-state index is 0.0342. The maximum Gasteiger partial charge on any atom is 0.253 e. The number of nitrogens with zero attached hydrogens (tertiary/aromatic N) is 3. The van der Waals surface area contributed by atoms with Crippen LogP contribution in [0.5, 0.6) is 0 Å². The van der Waals surface area contributed by atoms with Crippen molar-refractivity contribution >= 4 is 5.91 Å². The lowest BCUT2D eigenvalue weighted by molar-refractivity contribution is 0.0706. The molecule has 1 aliphatic heterocycles. The fourth-order valence-corrected chi connectivity index (χ4v) is 3.64. The van der Waals surface area contributed by atoms with Gasteiger partial charge in [0, 0.05) is 42.5 Å². The second-order valence-electron chi connectivity index (χ2n) is 6.89. The molecule has 3 aromatic rings. The molecule has 1 saturated heterocycles. The molecule has 1 aromatic heterocycles. The molecule has 28 heavy (non-hydrogen) atoms. The van der Waals surface area contributed by atoms with Gasteiger partial charge in [-0.3, -0.25) is 14.8 Å². The molecule has 1 aliphatic rings. The van der Waals surface area contributed by atoms with E-state index in [1.54, 1.807) is 29.4 Å². The first-order valence-corrected chi connectivity index (χ1v) is 9.23. The van der Waals surface area contributed by atoms with E-state index in [-0.39, 0.29) is 23.5 Å². The van der Waals surface area contributed by atoms with Crippen LogP contribution in [0.4, 0.5) is 8.78 Å². The Balaban J connectivity index is 1.59. The van der Waals surface area contributed by atoms with Crippen molar-refractivity contribution in [3.8, 4) is 11.3 Å². The zero-order valence-corrected chi connectivity index (χ0v) is 15.2. The molecule has 142 valence electrons. The van der Waals surface area contributed by atoms with Gasteiger partial charge in [0.25, 0.3) is 5.91 Å². The number of hydrogen-bond acceptors (Lipinski definition) is 3. The van der Waals surface area contributed by atoms with Crippen LogP contribution in [0.3, 0.4) is 0 Å². The van der Waals surface area contributed by atoms with Crippen molar-refractivity contribution in [3.05, 3.63) is 83.8 Å². The zero-order chi connectivity index (χ0) is 19.5. The van der Waals surface area contributed by atoms with Crippen LogP contribution in [0.25, 0.3) is 11.3 Å². The Bertz CT molecular complexity index is 974. The number of aromatic nitrogens is 2. The molecule has 4 nitrogen and oxygen atoms in total. The molecular weight excluding hydrogens is 360 g/mol. The van der Waals surface area contributed by atoms with Gasteiger partial charge in [0.15, 0.2) is 0 Å². The van der Waals surface area contributed by atoms with Crippen LogP contribution in [-0.4, -0.2) is 33.9 Å². The summed E-state index contributed by atoms with van der Waals surface area (Å²) in [4.78, 5) is 23.6. The first kappa shape index (κ1) is 18.2. The van der Waals surface area contributed by atoms with Gasteiger partial charge in [-0.15, -0.1) is 0 Å². The van der Waals surface area contributed by atoms with E-state index in [4.69, 9.17) is 0 Å². The maximum atomic E-state index is 13.3. The van der Waals surface area contributed by atoms with E-state index in [0.29, 0.717) is 24.3 Å². The van der Waals surface area contributed by atoms with Crippen molar-refractivity contribution in [1.82, 2.24) is 14.9 Å². The SMILES string of the molecule is O=C(c1ccc(F)cc1)N1CCCC(c2nccnc2-c2ccc(F)cc2)C1. The topological polar surface area (TPSA) is 46.1 Å². The molecule has 0 saturated carbocycles. The average Bonchev–Trinajstić information content (AvgIpc) is 2.74. The number of rotatable bonds is 3. The molecule has 6 heteroatoms. The van der Waals surface area contributed by atoms with Gasteiger partial charge in [-0.05, 0) is 61.4 Å². The van der Waals surface area contributed by atoms with E-state index >= 15 is 0 Å². The quantitative estimate of drug-likeness (QED) is 0.676. The van der Waals surface area contributed by atoms with Crippen molar-refractivity contribution in [2.45, 2.75) is 18.8 Å². The third kappa shape index (κ3) is 3.76. The summed E-state index contributed by atoms with van der Waals surface area (Å²) in [6, 6.07) is 11.8. The Labute approximate surface area is 161 Å². The predicted octanol–water partition coefficient (Wildman–Crippen LogP) is 4.44. The van der Waals surface area contributed by atoms with Crippen LogP contribution in [0.1, 0.15) is 34.8 Å². The van der Waals surface area contributed by atoms with E-state index in [1.807, 2.05) is 0 Å². The first-order chi connectivity index (χ1) is 13.6. The van der Waals surface area contributed by atoms with Gasteiger partial charge in [-0.25, -0.2) is 8.78 Å². The Morgan fingerprint density at radius 2 is 1.57 bits per heavy atom. The summed E-state index contributed by atoms with van der Waals surface area (Å²) in [5.74, 6) is -0.747. The van der Waals surface area contributed by atoms with Gasteiger partial charge in [0.05, 0.1) is 11.4 Å². The highest BCUT2D eigenvalue weighted by Gasteiger charge is 2.28. The Morgan fingerprint density at radius 1 is 0.929 bits per heavy atom. The van der Waals surface area contributed by atoms with Crippen LogP contribution >= 0.6 is 0 Å². The van der Waals surface area contributed by atoms with Crippen molar-refractivity contribution in [1.29, 1.82) is 0 Å². The average molecular weight is 379 g/mol. The highest BCUT2D eigenvalue weighted by Crippen LogP contribution is 2.32. The molecule has 1 amide bonds. The van der Waals surface area contributed by atoms with Crippen molar-refractivity contribution in [3.63, 3.8) is 0 Å². The molecule has 1 unspecified atom stereocenters. The van der Waals surface area contributed by atoms with Crippen LogP contribution in [0.2, 0.25) is 0 Å². The van der Waals surface area contributed by atoms with Crippen LogP contribution in [-0.2, 0) is 0 Å². The number of halogens is 2. The van der Waals surface area contributed by atoms with Crippen LogP contribution in [0, 0.1) is 11.6 Å². The molecule has 0 spiro atoms. The molecule has 1 atom stereocenters. The second kappa shape index (κ2) is 7.84. The van der Waals surface area contributed by atoms with Gasteiger partial charge in [0.2, 0.25) is 0 Å². The van der Waals surface area contributed by atoms with E-state index in [0.717, 1.165) is 24.1 Å². The molecule has 0 radical (unpaired) electrons. The number of hydrogen-bond donors (Lipinski definition) is 0. The fraction of sp³-hybridized carbons (Fsp3) is 0.227. The largest absolute Gasteiger partial charge is 0.338 e. The molecule has 0 bridgehead atoms. The van der Waals surface area contributed by atoms with Crippen molar-refractivity contribution < 1.29 is 13.6 Å². The maximum absolute atomic E-state index is 13.3. The third-order valence-corrected chi connectivity index (χ3v) is 5.03. The molecular formula is C22H19F2N3O. The van der Waals surface area contributed by atoms with Crippen molar-refractivity contribution in [2.75, 3.05) is 13.1 Å². The Kier molecular flexibility index (Phi) is 5.10. The summed E-state index contributed by atoms with van der Waals surface area (Å²) in [7, 11) is 0. The normalized spacial score (nSPS) is 16.8. The molecule has 2 heterocycles. The van der Waals surface area contributed by atoms with E-state index in [9.17, 15) is 13.6 Å². The number of amides is 1. The Hall–Kier alpha value is -3.15. The summed E-state index contributed by atoms with van der Waals surface area (Å²) in [6.07, 6.45) is 4.99. The first-order valence-electron chi connectivity index (χ1n) is 9.23. The van der Waals surface area contributed by atoms with Gasteiger partial charge in [-0.1, -0.05) is 0 Å². The molecule has 2 aromatic carbocycles. The monoisotopic (exact) mass is 379 g/mol. The standard InChI is InChI=1S/C22H19F2N3O/c23-18-7-3-15(4-8-18)20-21(26-12-11-25-20)17-2-1-13-27(14-17)22(28)16-5-9-19(24)10-6-16/h3-12,17H,1-2,13-14H2. The highest BCUT2D eigenvalue weighted by molar-refractivity contribution is 5.94. The number of benzene rings is 2. The lowest BCUT2D eigenvalue weighted by Gasteiger charge is -2.33. The summed E-state index contributed by atoms with van der Waals surface area (Å²) in [6.45, 7) is 1.17. The summed E-state index contributed by atoms with van der Waals surface area (Å²) >= 11 is 0. The molecule has 0 aliphatic carbocycles. The van der Waals surface area contributed by atoms with E-state index < -0.39 is 0 Å². The summed E-state index contributed by atoms with van der Waals surface area (Å²) in [5, 5.41) is 0. The van der Waals surface area contributed by atoms with Gasteiger partial charge in [0.1, 0.15) is 11.6 Å². The van der Waals surface area contributed by atoms with E-state index in [2.05, 4.69) is 9.97 Å². The number of carbonyl (C=O) groups excluding carboxylic acids is 1. The van der Waals surface area contributed by atoms with E-state index in [1.165, 1.54) is 36.4 Å². The van der Waals surface area contributed by atoms with Gasteiger partial charge >= 0.3 is 0 Å². The highest BCUT2D eigenvalue weighted by atomic mass is 19.1. The smallest absolute Gasteiger partial charge is 0.253 e. The zero-order valence-electron chi connectivity index (χ0n) is 15.2. The summed E-state index contributed by atoms with van der Waals surface area (Å²) < 4.78 is 26.4. The number of carbonyl (C=O) groups is 1. The van der Waals surface area contributed by atoms with Crippen LogP contribution < -0.4 is 0 Å². The fourth-order valence-electron chi connectivity index (χ4n) is 3.64. The number of piperidine rings is 1. The minimum Gasteiger partial charge on any atom is -0.338 e. The molecule has 1 fully saturated rings. The van der Waals surface area contributed by atoms with Crippen LogP contribution in [0.15, 0.2) is 60.9 Å². The Morgan fingerprint density at radius 3 is 2.29 bits per heavy atom. The van der Waals surface area contributed by atoms with Gasteiger partial charge in [-0.2, -0.15) is 0 Å². The van der Waals surface area contributed by atoms with Gasteiger partial charge < -0.3 is 4.90 Å². The molecule has 4 rings (SSSR count). The lowest BCUT2D eigenvalue weighted by atomic mass is 9.91. The second-order valence-corrected chi connectivity index (χ2v) is 6.89. The summed E-state index contributed by atoms with van der Waals surface area (Å²) in [5.41, 5.74) is 2.79. The lowest BCUT2D eigenvalue weighted by Crippen LogP contribution is -2.39. The predicted molar refractivity (Wildman–Crippen MR) is 102 cm³/mol. The molecule has 0 N–H and O–H groups in total. The van der Waals surface area contributed by atoms with Crippen molar-refractivity contribution in [2.24, 2.45) is 0 Å². The number of likely N-dealkylation sites (tertiary alicyclic amines) is 1.